The largest absolute Gasteiger partial charge is 0.309 e. The van der Waals surface area contributed by atoms with Gasteiger partial charge < -0.3 is 4.90 Å². The monoisotopic (exact) mass is 173 g/mol. The highest BCUT2D eigenvalue weighted by molar-refractivity contribution is 7.99. The highest BCUT2D eigenvalue weighted by Gasteiger charge is 2.21. The first-order valence-corrected chi connectivity index (χ1v) is 5.58. The standard InChI is InChI=1S/C9H19NS/c1-8-4-5-11-7-9(8)6-10(2)3/h8-9H,4-7H2,1-3H3/t8?,9-/m1/s1. The molecule has 0 spiro atoms. The Morgan fingerprint density at radius 1 is 1.45 bits per heavy atom. The minimum atomic E-state index is 0.934. The van der Waals surface area contributed by atoms with Crippen LogP contribution in [0, 0.1) is 11.8 Å². The van der Waals surface area contributed by atoms with Crippen LogP contribution in [0.5, 0.6) is 0 Å². The summed E-state index contributed by atoms with van der Waals surface area (Å²) in [6.07, 6.45) is 1.42. The molecule has 1 rings (SSSR count). The molecule has 1 saturated heterocycles. The van der Waals surface area contributed by atoms with Gasteiger partial charge in [-0.05, 0) is 43.9 Å². The third kappa shape index (κ3) is 3.04. The molecule has 66 valence electrons. The molecular weight excluding hydrogens is 154 g/mol. The van der Waals surface area contributed by atoms with E-state index in [1.165, 1.54) is 24.5 Å². The van der Waals surface area contributed by atoms with Crippen LogP contribution in [0.1, 0.15) is 13.3 Å². The highest BCUT2D eigenvalue weighted by Crippen LogP contribution is 2.28. The van der Waals surface area contributed by atoms with E-state index in [2.05, 4.69) is 37.7 Å². The molecule has 2 atom stereocenters. The third-order valence-electron chi connectivity index (χ3n) is 2.45. The van der Waals surface area contributed by atoms with Gasteiger partial charge in [0.25, 0.3) is 0 Å². The fourth-order valence-corrected chi connectivity index (χ4v) is 3.05. The molecule has 1 unspecified atom stereocenters. The molecule has 1 heterocycles. The first-order chi connectivity index (χ1) is 5.20. The van der Waals surface area contributed by atoms with Gasteiger partial charge in [-0.25, -0.2) is 0 Å². The van der Waals surface area contributed by atoms with Crippen molar-refractivity contribution in [2.45, 2.75) is 13.3 Å². The van der Waals surface area contributed by atoms with Crippen LogP contribution in [0.25, 0.3) is 0 Å². The van der Waals surface area contributed by atoms with Crippen molar-refractivity contribution in [3.63, 3.8) is 0 Å². The van der Waals surface area contributed by atoms with E-state index in [1.807, 2.05) is 0 Å². The van der Waals surface area contributed by atoms with Crippen molar-refractivity contribution in [3.05, 3.63) is 0 Å². The molecule has 11 heavy (non-hydrogen) atoms. The average molecular weight is 173 g/mol. The zero-order valence-electron chi connectivity index (χ0n) is 7.84. The van der Waals surface area contributed by atoms with E-state index < -0.39 is 0 Å². The fourth-order valence-electron chi connectivity index (χ4n) is 1.61. The van der Waals surface area contributed by atoms with Crippen LogP contribution in [-0.4, -0.2) is 37.0 Å². The summed E-state index contributed by atoms with van der Waals surface area (Å²) in [6, 6.07) is 0. The lowest BCUT2D eigenvalue weighted by molar-refractivity contribution is 0.271. The molecule has 2 heteroatoms. The Bertz CT molecular complexity index is 114. The summed E-state index contributed by atoms with van der Waals surface area (Å²) in [6.45, 7) is 3.67. The van der Waals surface area contributed by atoms with Gasteiger partial charge in [-0.1, -0.05) is 6.92 Å². The predicted molar refractivity (Wildman–Crippen MR) is 53.2 cm³/mol. The molecule has 0 aromatic heterocycles. The van der Waals surface area contributed by atoms with E-state index in [4.69, 9.17) is 0 Å². The topological polar surface area (TPSA) is 3.24 Å². The van der Waals surface area contributed by atoms with E-state index in [9.17, 15) is 0 Å². The Labute approximate surface area is 74.5 Å². The van der Waals surface area contributed by atoms with E-state index >= 15 is 0 Å². The highest BCUT2D eigenvalue weighted by atomic mass is 32.2. The van der Waals surface area contributed by atoms with Crippen molar-refractivity contribution < 1.29 is 0 Å². The Hall–Kier alpha value is 0.310. The maximum absolute atomic E-state index is 2.40. The number of thioether (sulfide) groups is 1. The Morgan fingerprint density at radius 2 is 2.18 bits per heavy atom. The molecule has 0 N–H and O–H groups in total. The SMILES string of the molecule is CC1CCSC[C@H]1CN(C)C. The van der Waals surface area contributed by atoms with Crippen molar-refractivity contribution in [1.82, 2.24) is 4.90 Å². The summed E-state index contributed by atoms with van der Waals surface area (Å²) in [5.41, 5.74) is 0. The first-order valence-electron chi connectivity index (χ1n) is 4.42. The van der Waals surface area contributed by atoms with Gasteiger partial charge in [0.05, 0.1) is 0 Å². The summed E-state index contributed by atoms with van der Waals surface area (Å²) in [4.78, 5) is 2.31. The van der Waals surface area contributed by atoms with Crippen LogP contribution in [0.4, 0.5) is 0 Å². The lowest BCUT2D eigenvalue weighted by atomic mass is 9.92. The summed E-state index contributed by atoms with van der Waals surface area (Å²) in [5, 5.41) is 0. The van der Waals surface area contributed by atoms with E-state index in [1.54, 1.807) is 0 Å². The Kier molecular flexibility index (Phi) is 3.73. The summed E-state index contributed by atoms with van der Waals surface area (Å²) in [7, 11) is 4.35. The quantitative estimate of drug-likeness (QED) is 0.628. The lowest BCUT2D eigenvalue weighted by Crippen LogP contribution is -2.30. The second-order valence-electron chi connectivity index (χ2n) is 3.86. The first kappa shape index (κ1) is 9.40. The summed E-state index contributed by atoms with van der Waals surface area (Å²) < 4.78 is 0. The molecule has 0 aliphatic carbocycles. The molecule has 1 aliphatic heterocycles. The molecule has 1 aliphatic rings. The third-order valence-corrected chi connectivity index (χ3v) is 3.64. The molecule has 1 nitrogen and oxygen atoms in total. The minimum Gasteiger partial charge on any atom is -0.309 e. The molecule has 0 bridgehead atoms. The molecule has 1 fully saturated rings. The second kappa shape index (κ2) is 4.36. The Morgan fingerprint density at radius 3 is 2.73 bits per heavy atom. The van der Waals surface area contributed by atoms with Gasteiger partial charge in [0, 0.05) is 6.54 Å². The van der Waals surface area contributed by atoms with Gasteiger partial charge in [-0.15, -0.1) is 0 Å². The number of hydrogen-bond acceptors (Lipinski definition) is 2. The zero-order chi connectivity index (χ0) is 8.27. The van der Waals surface area contributed by atoms with Gasteiger partial charge in [-0.2, -0.15) is 11.8 Å². The summed E-state index contributed by atoms with van der Waals surface area (Å²) >= 11 is 2.12. The van der Waals surface area contributed by atoms with E-state index in [0.29, 0.717) is 0 Å². The lowest BCUT2D eigenvalue weighted by Gasteiger charge is -2.30. The van der Waals surface area contributed by atoms with Crippen molar-refractivity contribution in [1.29, 1.82) is 0 Å². The van der Waals surface area contributed by atoms with Gasteiger partial charge >= 0.3 is 0 Å². The predicted octanol–water partition coefficient (Wildman–Crippen LogP) is 1.94. The van der Waals surface area contributed by atoms with Crippen LogP contribution < -0.4 is 0 Å². The Balaban J connectivity index is 2.29. The van der Waals surface area contributed by atoms with Gasteiger partial charge in [0.1, 0.15) is 0 Å². The maximum atomic E-state index is 2.40. The molecule has 0 amide bonds. The maximum Gasteiger partial charge on any atom is 0.00140 e. The number of rotatable bonds is 2. The zero-order valence-corrected chi connectivity index (χ0v) is 8.66. The molecule has 0 aromatic rings. The van der Waals surface area contributed by atoms with Crippen LogP contribution >= 0.6 is 11.8 Å². The molecular formula is C9H19NS. The van der Waals surface area contributed by atoms with Crippen LogP contribution in [0.15, 0.2) is 0 Å². The molecule has 0 aromatic carbocycles. The number of hydrogen-bond donors (Lipinski definition) is 0. The number of nitrogens with zero attached hydrogens (tertiary/aromatic N) is 1. The van der Waals surface area contributed by atoms with Crippen molar-refractivity contribution in [2.24, 2.45) is 11.8 Å². The van der Waals surface area contributed by atoms with Crippen LogP contribution in [-0.2, 0) is 0 Å². The van der Waals surface area contributed by atoms with E-state index in [0.717, 1.165) is 11.8 Å². The second-order valence-corrected chi connectivity index (χ2v) is 5.01. The van der Waals surface area contributed by atoms with Gasteiger partial charge in [-0.3, -0.25) is 0 Å². The normalized spacial score (nSPS) is 32.7. The average Bonchev–Trinajstić information content (AvgIpc) is 1.93. The minimum absolute atomic E-state index is 0.934. The van der Waals surface area contributed by atoms with Crippen LogP contribution in [0.3, 0.4) is 0 Å². The van der Waals surface area contributed by atoms with E-state index in [-0.39, 0.29) is 0 Å². The summed E-state index contributed by atoms with van der Waals surface area (Å²) in [5.74, 6) is 4.63. The van der Waals surface area contributed by atoms with Crippen molar-refractivity contribution >= 4 is 11.8 Å². The smallest absolute Gasteiger partial charge is 0.00140 e. The fraction of sp³-hybridized carbons (Fsp3) is 1.00. The molecule has 0 radical (unpaired) electrons. The van der Waals surface area contributed by atoms with Crippen molar-refractivity contribution in [2.75, 3.05) is 32.1 Å². The van der Waals surface area contributed by atoms with Gasteiger partial charge in [0.15, 0.2) is 0 Å². The van der Waals surface area contributed by atoms with Crippen molar-refractivity contribution in [3.8, 4) is 0 Å². The van der Waals surface area contributed by atoms with Gasteiger partial charge in [0.2, 0.25) is 0 Å². The molecule has 0 saturated carbocycles. The van der Waals surface area contributed by atoms with Crippen LogP contribution in [0.2, 0.25) is 0 Å².